The zero-order valence-electron chi connectivity index (χ0n) is 9.89. The number of aromatic nitrogens is 1. The standard InChI is InChI=1S/C13H14N2O2S/c16-12(6-5-10-2-1-7-17-10)15-13-14-11(8-18-13)9-3-4-9/h1-2,7-9H,3-6H2,(H,14,15,16). The summed E-state index contributed by atoms with van der Waals surface area (Å²) in [5, 5.41) is 5.59. The number of nitrogens with zero attached hydrogens (tertiary/aromatic N) is 1. The molecule has 0 atom stereocenters. The maximum Gasteiger partial charge on any atom is 0.226 e. The SMILES string of the molecule is O=C(CCc1ccco1)Nc1nc(C2CC2)cs1. The molecule has 5 heteroatoms. The normalized spacial score (nSPS) is 14.7. The lowest BCUT2D eigenvalue weighted by Gasteiger charge is -1.99. The van der Waals surface area contributed by atoms with Gasteiger partial charge < -0.3 is 9.73 Å². The van der Waals surface area contributed by atoms with E-state index >= 15 is 0 Å². The fourth-order valence-electron chi connectivity index (χ4n) is 1.78. The van der Waals surface area contributed by atoms with Crippen LogP contribution < -0.4 is 5.32 Å². The van der Waals surface area contributed by atoms with E-state index in [1.807, 2.05) is 17.5 Å². The molecule has 0 aromatic carbocycles. The third-order valence-electron chi connectivity index (χ3n) is 2.94. The van der Waals surface area contributed by atoms with E-state index in [4.69, 9.17) is 4.42 Å². The van der Waals surface area contributed by atoms with Gasteiger partial charge in [0.2, 0.25) is 5.91 Å². The van der Waals surface area contributed by atoms with Gasteiger partial charge in [-0.1, -0.05) is 0 Å². The summed E-state index contributed by atoms with van der Waals surface area (Å²) in [6, 6.07) is 3.71. The van der Waals surface area contributed by atoms with E-state index in [1.54, 1.807) is 6.26 Å². The fraction of sp³-hybridized carbons (Fsp3) is 0.385. The van der Waals surface area contributed by atoms with Gasteiger partial charge in [-0.15, -0.1) is 11.3 Å². The number of hydrogen-bond acceptors (Lipinski definition) is 4. The number of anilines is 1. The third kappa shape index (κ3) is 2.79. The topological polar surface area (TPSA) is 55.1 Å². The highest BCUT2D eigenvalue weighted by atomic mass is 32.1. The predicted molar refractivity (Wildman–Crippen MR) is 69.7 cm³/mol. The number of aryl methyl sites for hydroxylation is 1. The molecule has 2 aromatic heterocycles. The van der Waals surface area contributed by atoms with Crippen LogP contribution in [0, 0.1) is 0 Å². The number of hydrogen-bond donors (Lipinski definition) is 1. The van der Waals surface area contributed by atoms with Crippen LogP contribution >= 0.6 is 11.3 Å². The van der Waals surface area contributed by atoms with Gasteiger partial charge in [-0.05, 0) is 25.0 Å². The van der Waals surface area contributed by atoms with E-state index < -0.39 is 0 Å². The van der Waals surface area contributed by atoms with Crippen LogP contribution in [0.2, 0.25) is 0 Å². The molecular formula is C13H14N2O2S. The molecule has 0 spiro atoms. The van der Waals surface area contributed by atoms with Crippen molar-refractivity contribution in [2.75, 3.05) is 5.32 Å². The van der Waals surface area contributed by atoms with Crippen LogP contribution in [0.1, 0.15) is 36.6 Å². The molecule has 0 saturated heterocycles. The molecule has 3 rings (SSSR count). The summed E-state index contributed by atoms with van der Waals surface area (Å²) in [4.78, 5) is 16.1. The molecule has 1 N–H and O–H groups in total. The van der Waals surface area contributed by atoms with Gasteiger partial charge in [0, 0.05) is 24.1 Å². The van der Waals surface area contributed by atoms with Crippen molar-refractivity contribution in [1.29, 1.82) is 0 Å². The molecule has 1 amide bonds. The van der Waals surface area contributed by atoms with Crippen molar-refractivity contribution in [2.24, 2.45) is 0 Å². The largest absolute Gasteiger partial charge is 0.469 e. The monoisotopic (exact) mass is 262 g/mol. The Labute approximate surface area is 109 Å². The quantitative estimate of drug-likeness (QED) is 0.900. The van der Waals surface area contributed by atoms with Gasteiger partial charge in [-0.3, -0.25) is 4.79 Å². The summed E-state index contributed by atoms with van der Waals surface area (Å²) < 4.78 is 5.18. The summed E-state index contributed by atoms with van der Waals surface area (Å²) in [6.45, 7) is 0. The number of thiazole rings is 1. The van der Waals surface area contributed by atoms with Crippen molar-refractivity contribution in [1.82, 2.24) is 4.98 Å². The molecule has 2 heterocycles. The highest BCUT2D eigenvalue weighted by Crippen LogP contribution is 2.40. The molecule has 0 bridgehead atoms. The highest BCUT2D eigenvalue weighted by Gasteiger charge is 2.26. The van der Waals surface area contributed by atoms with Crippen molar-refractivity contribution in [2.45, 2.75) is 31.6 Å². The minimum atomic E-state index is -0.0110. The van der Waals surface area contributed by atoms with Gasteiger partial charge >= 0.3 is 0 Å². The Kier molecular flexibility index (Phi) is 3.15. The van der Waals surface area contributed by atoms with Gasteiger partial charge in [-0.2, -0.15) is 0 Å². The smallest absolute Gasteiger partial charge is 0.226 e. The zero-order valence-corrected chi connectivity index (χ0v) is 10.7. The van der Waals surface area contributed by atoms with E-state index in [-0.39, 0.29) is 5.91 Å². The Balaban J connectivity index is 1.50. The number of carbonyl (C=O) groups excluding carboxylic acids is 1. The first-order valence-electron chi connectivity index (χ1n) is 6.09. The molecule has 0 unspecified atom stereocenters. The van der Waals surface area contributed by atoms with E-state index in [0.29, 0.717) is 23.9 Å². The number of rotatable bonds is 5. The molecule has 1 aliphatic carbocycles. The number of carbonyl (C=O) groups is 1. The number of nitrogens with one attached hydrogen (secondary N) is 1. The Hall–Kier alpha value is -1.62. The van der Waals surface area contributed by atoms with Crippen molar-refractivity contribution in [3.63, 3.8) is 0 Å². The van der Waals surface area contributed by atoms with Gasteiger partial charge in [0.15, 0.2) is 5.13 Å². The van der Waals surface area contributed by atoms with E-state index in [2.05, 4.69) is 10.3 Å². The summed E-state index contributed by atoms with van der Waals surface area (Å²) in [5.41, 5.74) is 1.13. The van der Waals surface area contributed by atoms with E-state index in [9.17, 15) is 4.79 Å². The lowest BCUT2D eigenvalue weighted by Crippen LogP contribution is -2.12. The lowest BCUT2D eigenvalue weighted by atomic mass is 10.2. The van der Waals surface area contributed by atoms with E-state index in [0.717, 1.165) is 11.5 Å². The number of furan rings is 1. The maximum atomic E-state index is 11.7. The van der Waals surface area contributed by atoms with Crippen LogP contribution in [-0.4, -0.2) is 10.9 Å². The maximum absolute atomic E-state index is 11.7. The number of amides is 1. The first-order chi connectivity index (χ1) is 8.81. The van der Waals surface area contributed by atoms with Crippen LogP contribution in [0.15, 0.2) is 28.2 Å². The zero-order chi connectivity index (χ0) is 12.4. The molecule has 1 fully saturated rings. The van der Waals surface area contributed by atoms with Crippen LogP contribution in [0.25, 0.3) is 0 Å². The third-order valence-corrected chi connectivity index (χ3v) is 3.72. The minimum Gasteiger partial charge on any atom is -0.469 e. The Morgan fingerprint density at radius 2 is 2.44 bits per heavy atom. The van der Waals surface area contributed by atoms with Crippen LogP contribution in [0.3, 0.4) is 0 Å². The first kappa shape index (κ1) is 11.5. The second-order valence-corrected chi connectivity index (χ2v) is 5.34. The molecule has 0 radical (unpaired) electrons. The minimum absolute atomic E-state index is 0.0110. The molecule has 2 aromatic rings. The van der Waals surface area contributed by atoms with Crippen molar-refractivity contribution >= 4 is 22.4 Å². The Morgan fingerprint density at radius 1 is 1.56 bits per heavy atom. The van der Waals surface area contributed by atoms with Crippen LogP contribution in [0.4, 0.5) is 5.13 Å². The molecule has 1 aliphatic rings. The summed E-state index contributed by atoms with van der Waals surface area (Å²) in [6.07, 6.45) is 5.13. The predicted octanol–water partition coefficient (Wildman–Crippen LogP) is 3.18. The van der Waals surface area contributed by atoms with Crippen LogP contribution in [-0.2, 0) is 11.2 Å². The van der Waals surface area contributed by atoms with E-state index in [1.165, 1.54) is 24.2 Å². The summed E-state index contributed by atoms with van der Waals surface area (Å²) >= 11 is 1.50. The van der Waals surface area contributed by atoms with Crippen molar-refractivity contribution in [3.8, 4) is 0 Å². The van der Waals surface area contributed by atoms with Gasteiger partial charge in [0.05, 0.1) is 12.0 Å². The van der Waals surface area contributed by atoms with Gasteiger partial charge in [-0.25, -0.2) is 4.98 Å². The van der Waals surface area contributed by atoms with Crippen molar-refractivity contribution in [3.05, 3.63) is 35.2 Å². The average Bonchev–Trinajstić information content (AvgIpc) is 2.90. The summed E-state index contributed by atoms with van der Waals surface area (Å²) in [5.74, 6) is 1.46. The molecular weight excluding hydrogens is 248 g/mol. The Morgan fingerprint density at radius 3 is 3.17 bits per heavy atom. The van der Waals surface area contributed by atoms with Crippen molar-refractivity contribution < 1.29 is 9.21 Å². The molecule has 1 saturated carbocycles. The molecule has 0 aliphatic heterocycles. The second-order valence-electron chi connectivity index (χ2n) is 4.48. The average molecular weight is 262 g/mol. The van der Waals surface area contributed by atoms with Crippen LogP contribution in [0.5, 0.6) is 0 Å². The first-order valence-corrected chi connectivity index (χ1v) is 6.97. The van der Waals surface area contributed by atoms with Gasteiger partial charge in [0.25, 0.3) is 0 Å². The summed E-state index contributed by atoms with van der Waals surface area (Å²) in [7, 11) is 0. The Bertz CT molecular complexity index is 529. The molecule has 18 heavy (non-hydrogen) atoms. The molecule has 94 valence electrons. The second kappa shape index (κ2) is 4.94. The fourth-order valence-corrected chi connectivity index (χ4v) is 2.59. The molecule has 4 nitrogen and oxygen atoms in total. The lowest BCUT2D eigenvalue weighted by molar-refractivity contribution is -0.116. The van der Waals surface area contributed by atoms with Gasteiger partial charge in [0.1, 0.15) is 5.76 Å². The highest BCUT2D eigenvalue weighted by molar-refractivity contribution is 7.13.